The molecule has 50 valence electrons. The summed E-state index contributed by atoms with van der Waals surface area (Å²) in [7, 11) is 0. The minimum atomic E-state index is 0.222. The van der Waals surface area contributed by atoms with Crippen molar-refractivity contribution in [3.8, 4) is 0 Å². The Labute approximate surface area is 61.0 Å². The van der Waals surface area contributed by atoms with Gasteiger partial charge >= 0.3 is 0 Å². The molecule has 0 bridgehead atoms. The second kappa shape index (κ2) is 2.61. The van der Waals surface area contributed by atoms with Crippen molar-refractivity contribution in [2.75, 3.05) is 5.75 Å². The smallest absolute Gasteiger partial charge is 0.0513 e. The Kier molecular flexibility index (Phi) is 2.01. The molecular weight excluding hydrogens is 128 g/mol. The molecule has 0 atom stereocenters. The van der Waals surface area contributed by atoms with Gasteiger partial charge in [0.2, 0.25) is 0 Å². The first kappa shape index (κ1) is 6.94. The van der Waals surface area contributed by atoms with Crippen molar-refractivity contribution in [2.45, 2.75) is 17.6 Å². The maximum atomic E-state index is 3.79. The molecule has 0 aliphatic carbocycles. The largest absolute Gasteiger partial charge is 0.147 e. The van der Waals surface area contributed by atoms with E-state index in [1.165, 1.54) is 18.6 Å². The quantitative estimate of drug-likeness (QED) is 0.531. The van der Waals surface area contributed by atoms with Gasteiger partial charge in [0.05, 0.1) is 4.75 Å². The van der Waals surface area contributed by atoms with E-state index in [2.05, 4.69) is 13.2 Å². The van der Waals surface area contributed by atoms with Crippen molar-refractivity contribution >= 4 is 11.8 Å². The van der Waals surface area contributed by atoms with Gasteiger partial charge in [-0.25, -0.2) is 0 Å². The number of thioether (sulfide) groups is 1. The summed E-state index contributed by atoms with van der Waals surface area (Å²) in [4.78, 5) is 0. The predicted molar refractivity (Wildman–Crippen MR) is 44.8 cm³/mol. The van der Waals surface area contributed by atoms with E-state index >= 15 is 0 Å². The van der Waals surface area contributed by atoms with E-state index in [0.29, 0.717) is 0 Å². The Morgan fingerprint density at radius 1 is 1.33 bits per heavy atom. The standard InChI is InChI=1S/C8H12S/c1-3-8(4-2)6-5-7-9-8/h3-4H,1-2,5-7H2. The van der Waals surface area contributed by atoms with Crippen LogP contribution in [0.25, 0.3) is 0 Å². The van der Waals surface area contributed by atoms with Gasteiger partial charge in [0.1, 0.15) is 0 Å². The normalized spacial score (nSPS) is 23.6. The van der Waals surface area contributed by atoms with Crippen LogP contribution < -0.4 is 0 Å². The second-order valence-electron chi connectivity index (χ2n) is 2.32. The molecule has 0 aromatic heterocycles. The van der Waals surface area contributed by atoms with E-state index in [-0.39, 0.29) is 4.75 Å². The zero-order chi connectivity index (χ0) is 6.74. The van der Waals surface area contributed by atoms with Crippen molar-refractivity contribution in [1.29, 1.82) is 0 Å². The van der Waals surface area contributed by atoms with E-state index in [1.54, 1.807) is 0 Å². The molecule has 1 saturated heterocycles. The van der Waals surface area contributed by atoms with Crippen LogP contribution in [0.4, 0.5) is 0 Å². The SMILES string of the molecule is C=CC1(C=C)CCCS1. The molecule has 0 saturated carbocycles. The van der Waals surface area contributed by atoms with E-state index < -0.39 is 0 Å². The van der Waals surface area contributed by atoms with Crippen LogP contribution in [0.3, 0.4) is 0 Å². The lowest BCUT2D eigenvalue weighted by molar-refractivity contribution is 0.783. The molecule has 1 aliphatic rings. The van der Waals surface area contributed by atoms with Gasteiger partial charge in [-0.3, -0.25) is 0 Å². The molecule has 0 unspecified atom stereocenters. The molecule has 9 heavy (non-hydrogen) atoms. The van der Waals surface area contributed by atoms with Crippen molar-refractivity contribution in [3.05, 3.63) is 25.3 Å². The molecule has 1 fully saturated rings. The summed E-state index contributed by atoms with van der Waals surface area (Å²) in [5.41, 5.74) is 0. The van der Waals surface area contributed by atoms with Crippen LogP contribution in [0.5, 0.6) is 0 Å². The summed E-state index contributed by atoms with van der Waals surface area (Å²) in [6.45, 7) is 7.59. The monoisotopic (exact) mass is 140 g/mol. The molecule has 0 N–H and O–H groups in total. The molecular formula is C8H12S. The lowest BCUT2D eigenvalue weighted by atomic mass is 10.0. The Bertz CT molecular complexity index is 111. The van der Waals surface area contributed by atoms with Crippen LogP contribution in [0.2, 0.25) is 0 Å². The van der Waals surface area contributed by atoms with Gasteiger partial charge in [-0.1, -0.05) is 12.2 Å². The first-order chi connectivity index (χ1) is 4.33. The van der Waals surface area contributed by atoms with E-state index in [9.17, 15) is 0 Å². The zero-order valence-electron chi connectivity index (χ0n) is 5.60. The van der Waals surface area contributed by atoms with E-state index in [0.717, 1.165) is 0 Å². The number of hydrogen-bond acceptors (Lipinski definition) is 1. The summed E-state index contributed by atoms with van der Waals surface area (Å²) < 4.78 is 0.222. The van der Waals surface area contributed by atoms with Crippen molar-refractivity contribution < 1.29 is 0 Å². The number of hydrogen-bond donors (Lipinski definition) is 0. The van der Waals surface area contributed by atoms with Crippen molar-refractivity contribution in [3.63, 3.8) is 0 Å². The lowest BCUT2D eigenvalue weighted by Crippen LogP contribution is -2.11. The highest BCUT2D eigenvalue weighted by molar-refractivity contribution is 8.01. The van der Waals surface area contributed by atoms with Crippen molar-refractivity contribution in [1.82, 2.24) is 0 Å². The molecule has 0 radical (unpaired) electrons. The van der Waals surface area contributed by atoms with Gasteiger partial charge in [0.15, 0.2) is 0 Å². The van der Waals surface area contributed by atoms with E-state index in [4.69, 9.17) is 0 Å². The predicted octanol–water partition coefficient (Wildman–Crippen LogP) is 2.62. The van der Waals surface area contributed by atoms with Gasteiger partial charge in [0.25, 0.3) is 0 Å². The molecule has 1 rings (SSSR count). The highest BCUT2D eigenvalue weighted by Gasteiger charge is 2.27. The fourth-order valence-corrected chi connectivity index (χ4v) is 2.28. The Morgan fingerprint density at radius 2 is 2.00 bits per heavy atom. The fourth-order valence-electron chi connectivity index (χ4n) is 1.09. The fraction of sp³-hybridized carbons (Fsp3) is 0.500. The molecule has 0 nitrogen and oxygen atoms in total. The second-order valence-corrected chi connectivity index (χ2v) is 3.77. The van der Waals surface area contributed by atoms with Crippen LogP contribution in [0.15, 0.2) is 25.3 Å². The van der Waals surface area contributed by atoms with Crippen LogP contribution in [-0.4, -0.2) is 10.5 Å². The molecule has 0 aromatic carbocycles. The van der Waals surface area contributed by atoms with Crippen LogP contribution >= 0.6 is 11.8 Å². The number of rotatable bonds is 2. The maximum absolute atomic E-state index is 3.79. The molecule has 0 aromatic rings. The molecule has 1 heteroatoms. The summed E-state index contributed by atoms with van der Waals surface area (Å²) in [5, 5.41) is 0. The molecule has 1 heterocycles. The highest BCUT2D eigenvalue weighted by atomic mass is 32.2. The van der Waals surface area contributed by atoms with Crippen LogP contribution in [0, 0.1) is 0 Å². The Morgan fingerprint density at radius 3 is 2.22 bits per heavy atom. The first-order valence-electron chi connectivity index (χ1n) is 3.24. The molecule has 0 spiro atoms. The summed E-state index contributed by atoms with van der Waals surface area (Å²) >= 11 is 1.95. The molecule has 0 amide bonds. The van der Waals surface area contributed by atoms with Crippen LogP contribution in [-0.2, 0) is 0 Å². The Hall–Kier alpha value is -0.170. The third-order valence-electron chi connectivity index (χ3n) is 1.77. The maximum Gasteiger partial charge on any atom is 0.0513 e. The van der Waals surface area contributed by atoms with Crippen molar-refractivity contribution in [2.24, 2.45) is 0 Å². The summed E-state index contributed by atoms with van der Waals surface area (Å²) in [6, 6.07) is 0. The Balaban J connectivity index is 2.66. The molecule has 1 aliphatic heterocycles. The van der Waals surface area contributed by atoms with Gasteiger partial charge in [-0.15, -0.1) is 24.9 Å². The van der Waals surface area contributed by atoms with Gasteiger partial charge in [0, 0.05) is 0 Å². The zero-order valence-corrected chi connectivity index (χ0v) is 6.41. The highest BCUT2D eigenvalue weighted by Crippen LogP contribution is 2.39. The minimum absolute atomic E-state index is 0.222. The van der Waals surface area contributed by atoms with E-state index in [1.807, 2.05) is 23.9 Å². The third-order valence-corrected chi connectivity index (χ3v) is 3.34. The van der Waals surface area contributed by atoms with Gasteiger partial charge < -0.3 is 0 Å². The summed E-state index contributed by atoms with van der Waals surface area (Å²) in [5.74, 6) is 1.26. The van der Waals surface area contributed by atoms with Gasteiger partial charge in [-0.05, 0) is 18.6 Å². The average Bonchev–Trinajstić information content (AvgIpc) is 2.36. The summed E-state index contributed by atoms with van der Waals surface area (Å²) in [6.07, 6.45) is 6.56. The first-order valence-corrected chi connectivity index (χ1v) is 4.23. The lowest BCUT2D eigenvalue weighted by Gasteiger charge is -2.17. The average molecular weight is 140 g/mol. The third kappa shape index (κ3) is 1.21. The minimum Gasteiger partial charge on any atom is -0.147 e. The van der Waals surface area contributed by atoms with Gasteiger partial charge in [-0.2, -0.15) is 0 Å². The topological polar surface area (TPSA) is 0 Å². The van der Waals surface area contributed by atoms with Crippen LogP contribution in [0.1, 0.15) is 12.8 Å².